The van der Waals surface area contributed by atoms with Crippen LogP contribution in [-0.2, 0) is 4.79 Å². The molecule has 1 aliphatic heterocycles. The van der Waals surface area contributed by atoms with Gasteiger partial charge in [0.05, 0.1) is 0 Å². The number of carbonyl (C=O) groups is 1. The number of hydrogen-bond acceptors (Lipinski definition) is 5. The summed E-state index contributed by atoms with van der Waals surface area (Å²) in [6.07, 6.45) is 8.31. The predicted octanol–water partition coefficient (Wildman–Crippen LogP) is 1.71. The molecule has 3 rings (SSSR count). The average Bonchev–Trinajstić information content (AvgIpc) is 2.49. The van der Waals surface area contributed by atoms with Crippen LogP contribution in [0, 0.1) is 0 Å². The first kappa shape index (κ1) is 11.8. The van der Waals surface area contributed by atoms with Crippen molar-refractivity contribution >= 4 is 11.7 Å². The molecule has 0 spiro atoms. The first-order valence-corrected chi connectivity index (χ1v) is 6.32. The molecule has 0 unspecified atom stereocenters. The lowest BCUT2D eigenvalue weighted by atomic mass is 10.1. The van der Waals surface area contributed by atoms with Crippen LogP contribution in [0.15, 0.2) is 36.9 Å². The summed E-state index contributed by atoms with van der Waals surface area (Å²) in [7, 11) is 0. The van der Waals surface area contributed by atoms with Crippen molar-refractivity contribution in [1.29, 1.82) is 0 Å². The fraction of sp³-hybridized carbons (Fsp3) is 0.286. The molecular formula is C14H14N4O. The van der Waals surface area contributed by atoms with Gasteiger partial charge in [0.2, 0.25) is 5.95 Å². The Morgan fingerprint density at radius 1 is 0.947 bits per heavy atom. The molecule has 0 atom stereocenters. The van der Waals surface area contributed by atoms with E-state index in [2.05, 4.69) is 19.9 Å². The Morgan fingerprint density at radius 2 is 1.58 bits per heavy atom. The van der Waals surface area contributed by atoms with Crippen LogP contribution in [0.2, 0.25) is 0 Å². The van der Waals surface area contributed by atoms with E-state index in [1.807, 2.05) is 24.5 Å². The molecule has 0 saturated carbocycles. The van der Waals surface area contributed by atoms with E-state index in [0.717, 1.165) is 11.1 Å². The van der Waals surface area contributed by atoms with Crippen LogP contribution in [0.5, 0.6) is 0 Å². The van der Waals surface area contributed by atoms with Crippen molar-refractivity contribution < 1.29 is 4.79 Å². The van der Waals surface area contributed by atoms with Gasteiger partial charge in [-0.1, -0.05) is 0 Å². The summed E-state index contributed by atoms with van der Waals surface area (Å²) in [5.74, 6) is 1.02. The van der Waals surface area contributed by atoms with Gasteiger partial charge < -0.3 is 4.90 Å². The number of rotatable bonds is 2. The SMILES string of the molecule is O=C1CCN(c2ncc(-c3ccncc3)cn2)CC1. The Bertz CT molecular complexity index is 558. The van der Waals surface area contributed by atoms with E-state index in [4.69, 9.17) is 0 Å². The monoisotopic (exact) mass is 254 g/mol. The molecule has 2 aromatic rings. The van der Waals surface area contributed by atoms with Crippen LogP contribution in [0.3, 0.4) is 0 Å². The van der Waals surface area contributed by atoms with E-state index < -0.39 is 0 Å². The molecule has 5 heteroatoms. The van der Waals surface area contributed by atoms with Crippen LogP contribution < -0.4 is 4.90 Å². The maximum absolute atomic E-state index is 11.2. The second-order valence-corrected chi connectivity index (χ2v) is 4.53. The number of anilines is 1. The van der Waals surface area contributed by atoms with Gasteiger partial charge in [-0.3, -0.25) is 9.78 Å². The highest BCUT2D eigenvalue weighted by Crippen LogP contribution is 2.19. The van der Waals surface area contributed by atoms with Crippen LogP contribution in [0.4, 0.5) is 5.95 Å². The highest BCUT2D eigenvalue weighted by Gasteiger charge is 2.18. The molecular weight excluding hydrogens is 240 g/mol. The molecule has 0 aliphatic carbocycles. The zero-order chi connectivity index (χ0) is 13.1. The van der Waals surface area contributed by atoms with Gasteiger partial charge in [-0.05, 0) is 17.7 Å². The molecule has 19 heavy (non-hydrogen) atoms. The lowest BCUT2D eigenvalue weighted by Gasteiger charge is -2.25. The second-order valence-electron chi connectivity index (χ2n) is 4.53. The lowest BCUT2D eigenvalue weighted by molar-refractivity contribution is -0.119. The van der Waals surface area contributed by atoms with Gasteiger partial charge >= 0.3 is 0 Å². The van der Waals surface area contributed by atoms with E-state index in [1.54, 1.807) is 12.4 Å². The first-order valence-electron chi connectivity index (χ1n) is 6.32. The van der Waals surface area contributed by atoms with Gasteiger partial charge in [-0.2, -0.15) is 0 Å². The third-order valence-electron chi connectivity index (χ3n) is 3.26. The third-order valence-corrected chi connectivity index (χ3v) is 3.26. The topological polar surface area (TPSA) is 59.0 Å². The van der Waals surface area contributed by atoms with Crippen LogP contribution in [-0.4, -0.2) is 33.8 Å². The van der Waals surface area contributed by atoms with Crippen molar-refractivity contribution in [2.75, 3.05) is 18.0 Å². The fourth-order valence-electron chi connectivity index (χ4n) is 2.13. The quantitative estimate of drug-likeness (QED) is 0.816. The number of piperidine rings is 1. The third kappa shape index (κ3) is 2.59. The molecule has 1 saturated heterocycles. The summed E-state index contributed by atoms with van der Waals surface area (Å²) in [4.78, 5) is 26.0. The first-order chi connectivity index (χ1) is 9.33. The normalized spacial score (nSPS) is 15.6. The lowest BCUT2D eigenvalue weighted by Crippen LogP contribution is -2.34. The smallest absolute Gasteiger partial charge is 0.225 e. The summed E-state index contributed by atoms with van der Waals surface area (Å²) >= 11 is 0. The predicted molar refractivity (Wildman–Crippen MR) is 71.7 cm³/mol. The van der Waals surface area contributed by atoms with Crippen molar-refractivity contribution in [3.05, 3.63) is 36.9 Å². The van der Waals surface area contributed by atoms with E-state index in [-0.39, 0.29) is 0 Å². The highest BCUT2D eigenvalue weighted by molar-refractivity contribution is 5.80. The average molecular weight is 254 g/mol. The van der Waals surface area contributed by atoms with Crippen LogP contribution in [0.1, 0.15) is 12.8 Å². The van der Waals surface area contributed by atoms with Crippen molar-refractivity contribution in [3.63, 3.8) is 0 Å². The number of nitrogens with zero attached hydrogens (tertiary/aromatic N) is 4. The summed E-state index contributed by atoms with van der Waals surface area (Å²) in [5, 5.41) is 0. The minimum Gasteiger partial charge on any atom is -0.340 e. The van der Waals surface area contributed by atoms with Gasteiger partial charge in [0.25, 0.3) is 0 Å². The van der Waals surface area contributed by atoms with Crippen LogP contribution in [0.25, 0.3) is 11.1 Å². The van der Waals surface area contributed by atoms with Gasteiger partial charge in [-0.15, -0.1) is 0 Å². The Hall–Kier alpha value is -2.30. The van der Waals surface area contributed by atoms with E-state index in [9.17, 15) is 4.79 Å². The zero-order valence-electron chi connectivity index (χ0n) is 10.5. The second kappa shape index (κ2) is 5.14. The highest BCUT2D eigenvalue weighted by atomic mass is 16.1. The molecule has 1 fully saturated rings. The largest absolute Gasteiger partial charge is 0.340 e. The zero-order valence-corrected chi connectivity index (χ0v) is 10.5. The standard InChI is InChI=1S/C14H14N4O/c19-13-3-7-18(8-4-13)14-16-9-12(10-17-14)11-1-5-15-6-2-11/h1-2,5-6,9-10H,3-4,7-8H2. The molecule has 1 aliphatic rings. The molecule has 96 valence electrons. The number of hydrogen-bond donors (Lipinski definition) is 0. The molecule has 0 amide bonds. The van der Waals surface area contributed by atoms with Gasteiger partial charge in [0.1, 0.15) is 5.78 Å². The molecule has 5 nitrogen and oxygen atoms in total. The van der Waals surface area contributed by atoms with Gasteiger partial charge in [-0.25, -0.2) is 9.97 Å². The minimum absolute atomic E-state index is 0.324. The summed E-state index contributed by atoms with van der Waals surface area (Å²) < 4.78 is 0. The Kier molecular flexibility index (Phi) is 3.18. The number of ketones is 1. The number of pyridine rings is 1. The van der Waals surface area contributed by atoms with Crippen molar-refractivity contribution in [1.82, 2.24) is 15.0 Å². The number of carbonyl (C=O) groups excluding carboxylic acids is 1. The maximum Gasteiger partial charge on any atom is 0.225 e. The van der Waals surface area contributed by atoms with Crippen molar-refractivity contribution in [2.24, 2.45) is 0 Å². The molecule has 0 N–H and O–H groups in total. The van der Waals surface area contributed by atoms with E-state index >= 15 is 0 Å². The van der Waals surface area contributed by atoms with E-state index in [1.165, 1.54) is 0 Å². The number of Topliss-reactive ketones (excluding diaryl/α,β-unsaturated/α-hetero) is 1. The van der Waals surface area contributed by atoms with E-state index in [0.29, 0.717) is 37.7 Å². The number of aromatic nitrogens is 3. The Morgan fingerprint density at radius 3 is 2.21 bits per heavy atom. The maximum atomic E-state index is 11.2. The molecule has 3 heterocycles. The van der Waals surface area contributed by atoms with Gasteiger partial charge in [0, 0.05) is 56.3 Å². The molecule has 0 aromatic carbocycles. The minimum atomic E-state index is 0.324. The summed E-state index contributed by atoms with van der Waals surface area (Å²) in [6.45, 7) is 1.43. The van der Waals surface area contributed by atoms with Crippen molar-refractivity contribution in [3.8, 4) is 11.1 Å². The fourth-order valence-corrected chi connectivity index (χ4v) is 2.13. The Labute approximate surface area is 111 Å². The molecule has 0 bridgehead atoms. The van der Waals surface area contributed by atoms with Gasteiger partial charge in [0.15, 0.2) is 0 Å². The van der Waals surface area contributed by atoms with Crippen molar-refractivity contribution in [2.45, 2.75) is 12.8 Å². The summed E-state index contributed by atoms with van der Waals surface area (Å²) in [5.41, 5.74) is 2.02. The Balaban J connectivity index is 1.78. The molecule has 0 radical (unpaired) electrons. The summed E-state index contributed by atoms with van der Waals surface area (Å²) in [6, 6.07) is 3.86. The van der Waals surface area contributed by atoms with Crippen LogP contribution >= 0.6 is 0 Å². The molecule has 2 aromatic heterocycles.